The van der Waals surface area contributed by atoms with Crippen molar-refractivity contribution < 1.29 is 19.0 Å². The Balaban J connectivity index is 3.58. The van der Waals surface area contributed by atoms with E-state index in [2.05, 4.69) is 4.74 Å². The number of hydrogen-bond acceptors (Lipinski definition) is 4. The molecule has 0 heterocycles. The number of carbonyl (C=O) groups excluding carboxylic acids is 1. The SMILES string of the molecule is COC[C@H](CC(=O)OC)OC. The fourth-order valence-corrected chi connectivity index (χ4v) is 0.665. The van der Waals surface area contributed by atoms with Crippen LogP contribution in [-0.2, 0) is 19.0 Å². The normalized spacial score (nSPS) is 12.6. The van der Waals surface area contributed by atoms with Crippen molar-refractivity contribution in [3.8, 4) is 0 Å². The molecule has 4 heteroatoms. The molecule has 4 nitrogen and oxygen atoms in total. The van der Waals surface area contributed by atoms with Gasteiger partial charge in [-0.2, -0.15) is 0 Å². The number of ether oxygens (including phenoxy) is 3. The second-order valence-electron chi connectivity index (χ2n) is 2.09. The van der Waals surface area contributed by atoms with Gasteiger partial charge in [-0.1, -0.05) is 0 Å². The molecule has 0 radical (unpaired) electrons. The molecular formula is C7H14O4. The van der Waals surface area contributed by atoms with Gasteiger partial charge >= 0.3 is 5.97 Å². The molecule has 66 valence electrons. The van der Waals surface area contributed by atoms with Crippen LogP contribution in [0.15, 0.2) is 0 Å². The summed E-state index contributed by atoms with van der Waals surface area (Å²) in [4.78, 5) is 10.7. The standard InChI is InChI=1S/C7H14O4/c1-9-5-6(10-2)4-7(8)11-3/h6H,4-5H2,1-3H3/t6-/m0/s1. The first-order chi connectivity index (χ1) is 5.24. The van der Waals surface area contributed by atoms with Gasteiger partial charge in [0.25, 0.3) is 0 Å². The second-order valence-corrected chi connectivity index (χ2v) is 2.09. The van der Waals surface area contributed by atoms with Gasteiger partial charge in [0.1, 0.15) is 0 Å². The molecule has 0 aromatic rings. The molecule has 0 fully saturated rings. The molecule has 11 heavy (non-hydrogen) atoms. The van der Waals surface area contributed by atoms with Crippen LogP contribution in [-0.4, -0.2) is 40.0 Å². The van der Waals surface area contributed by atoms with Crippen molar-refractivity contribution in [2.45, 2.75) is 12.5 Å². The maximum Gasteiger partial charge on any atom is 0.308 e. The van der Waals surface area contributed by atoms with Crippen LogP contribution in [0.4, 0.5) is 0 Å². The van der Waals surface area contributed by atoms with Crippen molar-refractivity contribution in [1.29, 1.82) is 0 Å². The quantitative estimate of drug-likeness (QED) is 0.542. The summed E-state index contributed by atoms with van der Waals surface area (Å²) in [6, 6.07) is 0. The van der Waals surface area contributed by atoms with Gasteiger partial charge in [0, 0.05) is 14.2 Å². The second kappa shape index (κ2) is 6.12. The van der Waals surface area contributed by atoms with Crippen molar-refractivity contribution in [2.75, 3.05) is 27.9 Å². The number of esters is 1. The van der Waals surface area contributed by atoms with E-state index in [1.165, 1.54) is 14.2 Å². The van der Waals surface area contributed by atoms with E-state index in [1.807, 2.05) is 0 Å². The highest BCUT2D eigenvalue weighted by atomic mass is 16.5. The highest BCUT2D eigenvalue weighted by Crippen LogP contribution is 1.98. The van der Waals surface area contributed by atoms with Gasteiger partial charge in [-0.25, -0.2) is 0 Å². The molecule has 0 aliphatic carbocycles. The predicted molar refractivity (Wildman–Crippen MR) is 39.3 cm³/mol. The highest BCUT2D eigenvalue weighted by Gasteiger charge is 2.12. The molecule has 0 rings (SSSR count). The highest BCUT2D eigenvalue weighted by molar-refractivity contribution is 5.69. The van der Waals surface area contributed by atoms with Crippen molar-refractivity contribution in [3.63, 3.8) is 0 Å². The molecule has 0 N–H and O–H groups in total. The number of methoxy groups -OCH3 is 3. The average Bonchev–Trinajstić information content (AvgIpc) is 2.03. The van der Waals surface area contributed by atoms with Gasteiger partial charge < -0.3 is 14.2 Å². The molecule has 0 saturated heterocycles. The minimum absolute atomic E-state index is 0.201. The summed E-state index contributed by atoms with van der Waals surface area (Å²) in [7, 11) is 4.44. The third kappa shape index (κ3) is 4.75. The molecule has 0 spiro atoms. The summed E-state index contributed by atoms with van der Waals surface area (Å²) in [5, 5.41) is 0. The van der Waals surface area contributed by atoms with Crippen molar-refractivity contribution >= 4 is 5.97 Å². The van der Waals surface area contributed by atoms with E-state index in [1.54, 1.807) is 7.11 Å². The molecule has 0 unspecified atom stereocenters. The summed E-state index contributed by atoms with van der Waals surface area (Å²) in [6.07, 6.45) is 0.0355. The van der Waals surface area contributed by atoms with Crippen LogP contribution in [0, 0.1) is 0 Å². The van der Waals surface area contributed by atoms with E-state index < -0.39 is 0 Å². The fourth-order valence-electron chi connectivity index (χ4n) is 0.665. The van der Waals surface area contributed by atoms with Gasteiger partial charge in [-0.05, 0) is 0 Å². The molecule has 0 bridgehead atoms. The first kappa shape index (κ1) is 10.4. The number of hydrogen-bond donors (Lipinski definition) is 0. The molecule has 0 amide bonds. The topological polar surface area (TPSA) is 44.8 Å². The Morgan fingerprint density at radius 1 is 1.36 bits per heavy atom. The zero-order valence-corrected chi connectivity index (χ0v) is 7.12. The molecular weight excluding hydrogens is 148 g/mol. The molecule has 0 aromatic heterocycles. The zero-order valence-electron chi connectivity index (χ0n) is 7.12. The monoisotopic (exact) mass is 162 g/mol. The Labute approximate surface area is 66.4 Å². The van der Waals surface area contributed by atoms with Crippen LogP contribution >= 0.6 is 0 Å². The van der Waals surface area contributed by atoms with Gasteiger partial charge in [0.15, 0.2) is 0 Å². The average molecular weight is 162 g/mol. The Bertz CT molecular complexity index is 113. The van der Waals surface area contributed by atoms with E-state index in [9.17, 15) is 4.79 Å². The Kier molecular flexibility index (Phi) is 5.78. The number of carbonyl (C=O) groups is 1. The lowest BCUT2D eigenvalue weighted by atomic mass is 10.3. The largest absolute Gasteiger partial charge is 0.469 e. The first-order valence-corrected chi connectivity index (χ1v) is 3.33. The maximum atomic E-state index is 10.7. The molecule has 0 aromatic carbocycles. The van der Waals surface area contributed by atoms with Crippen LogP contribution < -0.4 is 0 Å². The zero-order chi connectivity index (χ0) is 8.69. The van der Waals surface area contributed by atoms with Crippen LogP contribution in [0.1, 0.15) is 6.42 Å². The summed E-state index contributed by atoms with van der Waals surface area (Å²) in [5.41, 5.74) is 0. The summed E-state index contributed by atoms with van der Waals surface area (Å²) < 4.78 is 14.2. The van der Waals surface area contributed by atoms with Crippen molar-refractivity contribution in [2.24, 2.45) is 0 Å². The minimum Gasteiger partial charge on any atom is -0.469 e. The lowest BCUT2D eigenvalue weighted by molar-refractivity contribution is -0.144. The summed E-state index contributed by atoms with van der Waals surface area (Å²) >= 11 is 0. The molecule has 0 aliphatic heterocycles. The smallest absolute Gasteiger partial charge is 0.308 e. The Morgan fingerprint density at radius 2 is 2.00 bits per heavy atom. The molecule has 0 saturated carbocycles. The van der Waals surface area contributed by atoms with Crippen LogP contribution in [0.2, 0.25) is 0 Å². The van der Waals surface area contributed by atoms with Gasteiger partial charge in [0.2, 0.25) is 0 Å². The van der Waals surface area contributed by atoms with E-state index in [0.29, 0.717) is 6.61 Å². The summed E-state index contributed by atoms with van der Waals surface area (Å²) in [5.74, 6) is -0.283. The Morgan fingerprint density at radius 3 is 2.36 bits per heavy atom. The lowest BCUT2D eigenvalue weighted by Gasteiger charge is -2.11. The fraction of sp³-hybridized carbons (Fsp3) is 0.857. The van der Waals surface area contributed by atoms with Gasteiger partial charge in [-0.3, -0.25) is 4.79 Å². The minimum atomic E-state index is -0.283. The van der Waals surface area contributed by atoms with E-state index in [0.717, 1.165) is 0 Å². The van der Waals surface area contributed by atoms with Crippen LogP contribution in [0.25, 0.3) is 0 Å². The first-order valence-electron chi connectivity index (χ1n) is 3.33. The third-order valence-electron chi connectivity index (χ3n) is 1.31. The van der Waals surface area contributed by atoms with E-state index in [-0.39, 0.29) is 18.5 Å². The third-order valence-corrected chi connectivity index (χ3v) is 1.31. The van der Waals surface area contributed by atoms with E-state index >= 15 is 0 Å². The Hall–Kier alpha value is -0.610. The molecule has 1 atom stereocenters. The van der Waals surface area contributed by atoms with Crippen molar-refractivity contribution in [3.05, 3.63) is 0 Å². The van der Waals surface area contributed by atoms with Crippen molar-refractivity contribution in [1.82, 2.24) is 0 Å². The number of rotatable bonds is 5. The van der Waals surface area contributed by atoms with Crippen LogP contribution in [0.5, 0.6) is 0 Å². The molecule has 0 aliphatic rings. The van der Waals surface area contributed by atoms with Gasteiger partial charge in [-0.15, -0.1) is 0 Å². The maximum absolute atomic E-state index is 10.7. The van der Waals surface area contributed by atoms with Gasteiger partial charge in [0.05, 0.1) is 26.2 Å². The predicted octanol–water partition coefficient (Wildman–Crippen LogP) is 0.211. The van der Waals surface area contributed by atoms with Crippen LogP contribution in [0.3, 0.4) is 0 Å². The lowest BCUT2D eigenvalue weighted by Crippen LogP contribution is -2.21. The van der Waals surface area contributed by atoms with E-state index in [4.69, 9.17) is 9.47 Å². The summed E-state index contributed by atoms with van der Waals surface area (Å²) in [6.45, 7) is 0.408.